The van der Waals surface area contributed by atoms with E-state index in [1.807, 2.05) is 0 Å². The van der Waals surface area contributed by atoms with E-state index in [-0.39, 0.29) is 6.04 Å². The molecule has 3 nitrogen and oxygen atoms in total. The van der Waals surface area contributed by atoms with Gasteiger partial charge in [0, 0.05) is 25.2 Å². The van der Waals surface area contributed by atoms with E-state index in [2.05, 4.69) is 43.1 Å². The standard InChI is InChI=1S/C18H28N2O/c1-13-10-17(18(19)16-8-4-3-7-15(13)16)20(2)11-14-6-5-9-21-12-14/h3-4,7-8,13-14,17-18H,5-6,9-12,19H2,1-2H3. The van der Waals surface area contributed by atoms with Gasteiger partial charge in [-0.15, -0.1) is 0 Å². The molecule has 0 bridgehead atoms. The van der Waals surface area contributed by atoms with Gasteiger partial charge in [-0.3, -0.25) is 0 Å². The van der Waals surface area contributed by atoms with E-state index in [1.54, 1.807) is 0 Å². The molecule has 21 heavy (non-hydrogen) atoms. The van der Waals surface area contributed by atoms with Crippen LogP contribution in [0.3, 0.4) is 0 Å². The normalized spacial score (nSPS) is 33.0. The largest absolute Gasteiger partial charge is 0.381 e. The van der Waals surface area contributed by atoms with Crippen molar-refractivity contribution < 1.29 is 4.74 Å². The quantitative estimate of drug-likeness (QED) is 0.929. The summed E-state index contributed by atoms with van der Waals surface area (Å²) in [6.45, 7) is 5.29. The second-order valence-electron chi connectivity index (χ2n) is 6.88. The molecule has 0 spiro atoms. The minimum Gasteiger partial charge on any atom is -0.381 e. The minimum atomic E-state index is 0.131. The number of likely N-dealkylation sites (N-methyl/N-ethyl adjacent to an activating group) is 1. The maximum Gasteiger partial charge on any atom is 0.0506 e. The predicted octanol–water partition coefficient (Wildman–Crippen LogP) is 2.92. The first-order valence-electron chi connectivity index (χ1n) is 8.29. The number of nitrogens with two attached hydrogens (primary N) is 1. The van der Waals surface area contributed by atoms with Crippen LogP contribution in [0.25, 0.3) is 0 Å². The van der Waals surface area contributed by atoms with Gasteiger partial charge in [0.2, 0.25) is 0 Å². The first kappa shape index (κ1) is 15.0. The van der Waals surface area contributed by atoms with Crippen LogP contribution in [0.2, 0.25) is 0 Å². The van der Waals surface area contributed by atoms with Crippen LogP contribution in [-0.4, -0.2) is 37.7 Å². The van der Waals surface area contributed by atoms with Gasteiger partial charge in [0.05, 0.1) is 6.61 Å². The van der Waals surface area contributed by atoms with Crippen molar-refractivity contribution in [3.05, 3.63) is 35.4 Å². The predicted molar refractivity (Wildman–Crippen MR) is 86.4 cm³/mol. The lowest BCUT2D eigenvalue weighted by Gasteiger charge is -2.41. The minimum absolute atomic E-state index is 0.131. The van der Waals surface area contributed by atoms with E-state index in [4.69, 9.17) is 10.5 Å². The highest BCUT2D eigenvalue weighted by Gasteiger charge is 2.33. The molecule has 0 amide bonds. The van der Waals surface area contributed by atoms with Gasteiger partial charge >= 0.3 is 0 Å². The Bertz CT molecular complexity index is 470. The second-order valence-corrected chi connectivity index (χ2v) is 6.88. The van der Waals surface area contributed by atoms with E-state index in [0.29, 0.717) is 17.9 Å². The van der Waals surface area contributed by atoms with Gasteiger partial charge in [0.1, 0.15) is 0 Å². The fourth-order valence-electron chi connectivity index (χ4n) is 4.05. The van der Waals surface area contributed by atoms with E-state index in [0.717, 1.165) is 26.2 Å². The Labute approximate surface area is 128 Å². The van der Waals surface area contributed by atoms with Gasteiger partial charge in [0.15, 0.2) is 0 Å². The zero-order valence-electron chi connectivity index (χ0n) is 13.3. The van der Waals surface area contributed by atoms with Crippen molar-refractivity contribution in [1.29, 1.82) is 0 Å². The van der Waals surface area contributed by atoms with Gasteiger partial charge in [-0.1, -0.05) is 31.2 Å². The van der Waals surface area contributed by atoms with E-state index < -0.39 is 0 Å². The Hall–Kier alpha value is -0.900. The molecule has 1 fully saturated rings. The third-order valence-corrected chi connectivity index (χ3v) is 5.26. The van der Waals surface area contributed by atoms with Crippen molar-refractivity contribution in [2.75, 3.05) is 26.8 Å². The lowest BCUT2D eigenvalue weighted by atomic mass is 9.77. The molecule has 3 rings (SSSR count). The van der Waals surface area contributed by atoms with Crippen LogP contribution in [-0.2, 0) is 4.74 Å². The van der Waals surface area contributed by atoms with Crippen LogP contribution in [0.1, 0.15) is 49.3 Å². The first-order valence-corrected chi connectivity index (χ1v) is 8.29. The Morgan fingerprint density at radius 3 is 2.76 bits per heavy atom. The van der Waals surface area contributed by atoms with Crippen molar-refractivity contribution in [3.63, 3.8) is 0 Å². The maximum atomic E-state index is 6.59. The van der Waals surface area contributed by atoms with Crippen LogP contribution in [0, 0.1) is 5.92 Å². The summed E-state index contributed by atoms with van der Waals surface area (Å²) >= 11 is 0. The summed E-state index contributed by atoms with van der Waals surface area (Å²) in [5, 5.41) is 0. The third kappa shape index (κ3) is 3.15. The average Bonchev–Trinajstić information content (AvgIpc) is 2.52. The molecule has 4 atom stereocenters. The third-order valence-electron chi connectivity index (χ3n) is 5.26. The highest BCUT2D eigenvalue weighted by Crippen LogP contribution is 2.38. The number of ether oxygens (including phenoxy) is 1. The number of hydrogen-bond acceptors (Lipinski definition) is 3. The molecule has 1 aliphatic heterocycles. The number of nitrogens with zero attached hydrogens (tertiary/aromatic N) is 1. The zero-order valence-corrected chi connectivity index (χ0v) is 13.3. The molecule has 2 aliphatic rings. The fourth-order valence-corrected chi connectivity index (χ4v) is 4.05. The summed E-state index contributed by atoms with van der Waals surface area (Å²) in [4.78, 5) is 2.48. The second kappa shape index (κ2) is 6.47. The summed E-state index contributed by atoms with van der Waals surface area (Å²) in [5.41, 5.74) is 9.37. The molecule has 3 heteroatoms. The van der Waals surface area contributed by atoms with Gasteiger partial charge in [0.25, 0.3) is 0 Å². The maximum absolute atomic E-state index is 6.59. The number of benzene rings is 1. The van der Waals surface area contributed by atoms with E-state index in [9.17, 15) is 0 Å². The van der Waals surface area contributed by atoms with E-state index >= 15 is 0 Å². The van der Waals surface area contributed by atoms with Crippen LogP contribution in [0.15, 0.2) is 24.3 Å². The molecule has 1 aliphatic carbocycles. The molecule has 0 radical (unpaired) electrons. The molecule has 116 valence electrons. The van der Waals surface area contributed by atoms with Gasteiger partial charge in [-0.05, 0) is 49.3 Å². The van der Waals surface area contributed by atoms with Crippen molar-refractivity contribution >= 4 is 0 Å². The highest BCUT2D eigenvalue weighted by molar-refractivity contribution is 5.36. The molecule has 4 unspecified atom stereocenters. The summed E-state index contributed by atoms with van der Waals surface area (Å²) in [7, 11) is 2.24. The molecule has 1 heterocycles. The Morgan fingerprint density at radius 2 is 2.05 bits per heavy atom. The van der Waals surface area contributed by atoms with Crippen LogP contribution in [0.5, 0.6) is 0 Å². The molecule has 1 saturated heterocycles. The molecular formula is C18H28N2O. The topological polar surface area (TPSA) is 38.5 Å². The molecule has 0 aromatic heterocycles. The molecule has 1 aromatic carbocycles. The first-order chi connectivity index (χ1) is 10.2. The smallest absolute Gasteiger partial charge is 0.0506 e. The molecule has 0 saturated carbocycles. The summed E-state index contributed by atoms with van der Waals surface area (Å²) in [6, 6.07) is 9.27. The van der Waals surface area contributed by atoms with Crippen LogP contribution < -0.4 is 5.73 Å². The number of rotatable bonds is 3. The fraction of sp³-hybridized carbons (Fsp3) is 0.667. The van der Waals surface area contributed by atoms with Gasteiger partial charge in [-0.25, -0.2) is 0 Å². The Kier molecular flexibility index (Phi) is 4.63. The lowest BCUT2D eigenvalue weighted by Crippen LogP contribution is -2.46. The average molecular weight is 288 g/mol. The Morgan fingerprint density at radius 1 is 1.29 bits per heavy atom. The lowest BCUT2D eigenvalue weighted by molar-refractivity contribution is 0.0320. The SMILES string of the molecule is CC1CC(N(C)CC2CCCOC2)C(N)c2ccccc21. The molecule has 1 aromatic rings. The van der Waals surface area contributed by atoms with E-state index in [1.165, 1.54) is 24.0 Å². The van der Waals surface area contributed by atoms with Crippen LogP contribution >= 0.6 is 0 Å². The number of fused-ring (bicyclic) bond motifs is 1. The summed E-state index contributed by atoms with van der Waals surface area (Å²) < 4.78 is 5.62. The van der Waals surface area contributed by atoms with Crippen LogP contribution in [0.4, 0.5) is 0 Å². The number of hydrogen-bond donors (Lipinski definition) is 1. The zero-order chi connectivity index (χ0) is 14.8. The molecular weight excluding hydrogens is 260 g/mol. The van der Waals surface area contributed by atoms with Crippen molar-refractivity contribution in [2.24, 2.45) is 11.7 Å². The van der Waals surface area contributed by atoms with Gasteiger partial charge in [-0.2, -0.15) is 0 Å². The van der Waals surface area contributed by atoms with Crippen molar-refractivity contribution in [3.8, 4) is 0 Å². The van der Waals surface area contributed by atoms with Crippen molar-refractivity contribution in [2.45, 2.75) is 44.2 Å². The van der Waals surface area contributed by atoms with Gasteiger partial charge < -0.3 is 15.4 Å². The Balaban J connectivity index is 1.71. The monoisotopic (exact) mass is 288 g/mol. The summed E-state index contributed by atoms with van der Waals surface area (Å²) in [6.07, 6.45) is 3.65. The highest BCUT2D eigenvalue weighted by atomic mass is 16.5. The van der Waals surface area contributed by atoms with Crippen molar-refractivity contribution in [1.82, 2.24) is 4.90 Å². The summed E-state index contributed by atoms with van der Waals surface area (Å²) in [5.74, 6) is 1.26. The molecule has 2 N–H and O–H groups in total.